The van der Waals surface area contributed by atoms with Gasteiger partial charge in [0.1, 0.15) is 12.4 Å². The third-order valence-electron chi connectivity index (χ3n) is 6.56. The van der Waals surface area contributed by atoms with Crippen molar-refractivity contribution in [3.63, 3.8) is 0 Å². The molecule has 0 saturated carbocycles. The molecule has 0 aromatic heterocycles. The highest BCUT2D eigenvalue weighted by Crippen LogP contribution is 2.42. The molecule has 0 heterocycles. The maximum atomic E-state index is 12.4. The van der Waals surface area contributed by atoms with Crippen LogP contribution in [0.4, 0.5) is 0 Å². The van der Waals surface area contributed by atoms with Crippen LogP contribution in [0.3, 0.4) is 0 Å². The van der Waals surface area contributed by atoms with Crippen molar-refractivity contribution in [1.82, 2.24) is 0 Å². The normalized spacial score (nSPS) is 18.7. The highest BCUT2D eigenvalue weighted by Gasteiger charge is 2.33. The van der Waals surface area contributed by atoms with Crippen LogP contribution in [0.1, 0.15) is 92.9 Å². The summed E-state index contributed by atoms with van der Waals surface area (Å²) in [5.74, 6) is -0.506. The Hall–Kier alpha value is -2.95. The van der Waals surface area contributed by atoms with E-state index in [1.165, 1.54) is 18.6 Å². The lowest BCUT2D eigenvalue weighted by Crippen LogP contribution is -2.30. The molecule has 5 heteroatoms. The number of allylic oxidation sites excluding steroid dienone is 10. The molecule has 1 atom stereocenters. The first kappa shape index (κ1) is 32.1. The third-order valence-corrected chi connectivity index (χ3v) is 6.56. The second-order valence-electron chi connectivity index (χ2n) is 10.4. The van der Waals surface area contributed by atoms with Crippen LogP contribution >= 0.6 is 0 Å². The number of carbonyl (C=O) groups excluding carboxylic acids is 3. The minimum absolute atomic E-state index is 0.0108. The van der Waals surface area contributed by atoms with Gasteiger partial charge in [0.05, 0.1) is 6.61 Å². The van der Waals surface area contributed by atoms with Crippen LogP contribution in [0.25, 0.3) is 0 Å². The van der Waals surface area contributed by atoms with Crippen LogP contribution in [-0.2, 0) is 23.9 Å². The van der Waals surface area contributed by atoms with E-state index in [0.717, 1.165) is 74.4 Å². The van der Waals surface area contributed by atoms with Gasteiger partial charge in [-0.2, -0.15) is 0 Å². The Morgan fingerprint density at radius 3 is 2.32 bits per heavy atom. The van der Waals surface area contributed by atoms with Crippen LogP contribution in [-0.4, -0.2) is 30.9 Å². The minimum atomic E-state index is -0.284. The van der Waals surface area contributed by atoms with Gasteiger partial charge in [0.2, 0.25) is 0 Å². The Labute approximate surface area is 224 Å². The SMILES string of the molecule is CC(=O)OCCCCCCC/C=C/C(=O)OC1CCC(C)(C)C(/C=C/C(C)=C/C=C/C(C)=C/C=O)=C1C. The second-order valence-corrected chi connectivity index (χ2v) is 10.4. The number of hydrogen-bond acceptors (Lipinski definition) is 5. The van der Waals surface area contributed by atoms with Crippen molar-refractivity contribution in [1.29, 1.82) is 0 Å². The molecule has 0 bridgehead atoms. The molecule has 0 aromatic rings. The summed E-state index contributed by atoms with van der Waals surface area (Å²) in [5, 5.41) is 0. The molecule has 0 aliphatic heterocycles. The van der Waals surface area contributed by atoms with Gasteiger partial charge in [-0.3, -0.25) is 9.59 Å². The van der Waals surface area contributed by atoms with E-state index in [1.54, 1.807) is 6.08 Å². The highest BCUT2D eigenvalue weighted by molar-refractivity contribution is 5.82. The van der Waals surface area contributed by atoms with Crippen molar-refractivity contribution in [2.75, 3.05) is 6.61 Å². The van der Waals surface area contributed by atoms with Gasteiger partial charge in [-0.25, -0.2) is 4.79 Å². The van der Waals surface area contributed by atoms with E-state index in [0.29, 0.717) is 6.61 Å². The number of ether oxygens (including phenoxy) is 2. The van der Waals surface area contributed by atoms with E-state index in [1.807, 2.05) is 38.2 Å². The van der Waals surface area contributed by atoms with Crippen molar-refractivity contribution in [3.8, 4) is 0 Å². The summed E-state index contributed by atoms with van der Waals surface area (Å²) in [5.41, 5.74) is 4.33. The van der Waals surface area contributed by atoms with E-state index in [2.05, 4.69) is 32.9 Å². The maximum absolute atomic E-state index is 12.4. The largest absolute Gasteiger partial charge is 0.466 e. The summed E-state index contributed by atoms with van der Waals surface area (Å²) >= 11 is 0. The van der Waals surface area contributed by atoms with Gasteiger partial charge in [0.25, 0.3) is 0 Å². The van der Waals surface area contributed by atoms with Crippen molar-refractivity contribution in [2.24, 2.45) is 5.41 Å². The number of carbonyl (C=O) groups is 3. The van der Waals surface area contributed by atoms with E-state index in [4.69, 9.17) is 9.47 Å². The molecule has 5 nitrogen and oxygen atoms in total. The Morgan fingerprint density at radius 2 is 1.62 bits per heavy atom. The zero-order chi connectivity index (χ0) is 27.7. The van der Waals surface area contributed by atoms with Crippen LogP contribution < -0.4 is 0 Å². The fraction of sp³-hybridized carbons (Fsp3) is 0.531. The number of rotatable bonds is 15. The standard InChI is InChI=1S/C32H46O5/c1-25(15-14-16-26(2)21-23-33)18-19-29-27(3)30(20-22-32(29,5)6)37-31(35)17-12-10-8-7-9-11-13-24-36-28(4)34/h12,14-19,21,23,30H,7-11,13,20,22,24H2,1-6H3/b16-14+,17-12+,19-18+,25-15+,26-21+. The fourth-order valence-electron chi connectivity index (χ4n) is 4.31. The van der Waals surface area contributed by atoms with Crippen LogP contribution in [0.5, 0.6) is 0 Å². The first-order valence-electron chi connectivity index (χ1n) is 13.4. The first-order chi connectivity index (χ1) is 17.6. The molecule has 0 radical (unpaired) electrons. The van der Waals surface area contributed by atoms with Gasteiger partial charge < -0.3 is 9.47 Å². The number of esters is 2. The molecule has 0 aromatic carbocycles. The molecule has 1 aliphatic carbocycles. The quantitative estimate of drug-likeness (QED) is 0.0742. The molecule has 1 unspecified atom stereocenters. The molecule has 0 saturated heterocycles. The van der Waals surface area contributed by atoms with Gasteiger partial charge in [0, 0.05) is 13.0 Å². The summed E-state index contributed by atoms with van der Waals surface area (Å²) in [6.07, 6.45) is 23.4. The lowest BCUT2D eigenvalue weighted by Gasteiger charge is -2.36. The molecule has 0 spiro atoms. The molecule has 0 fully saturated rings. The van der Waals surface area contributed by atoms with Gasteiger partial charge in [-0.05, 0) is 81.1 Å². The average molecular weight is 511 g/mol. The van der Waals surface area contributed by atoms with Gasteiger partial charge in [0.15, 0.2) is 0 Å². The summed E-state index contributed by atoms with van der Waals surface area (Å²) < 4.78 is 10.7. The van der Waals surface area contributed by atoms with Gasteiger partial charge in [-0.15, -0.1) is 0 Å². The van der Waals surface area contributed by atoms with E-state index in [-0.39, 0.29) is 23.5 Å². The Bertz CT molecular complexity index is 940. The molecule has 0 amide bonds. The molecule has 1 rings (SSSR count). The predicted molar refractivity (Wildman–Crippen MR) is 151 cm³/mol. The van der Waals surface area contributed by atoms with E-state index >= 15 is 0 Å². The van der Waals surface area contributed by atoms with Crippen molar-refractivity contribution in [2.45, 2.75) is 99.0 Å². The zero-order valence-electron chi connectivity index (χ0n) is 23.7. The molecule has 37 heavy (non-hydrogen) atoms. The second kappa shape index (κ2) is 17.5. The Kier molecular flexibility index (Phi) is 15.2. The zero-order valence-corrected chi connectivity index (χ0v) is 23.7. The van der Waals surface area contributed by atoms with Crippen molar-refractivity contribution in [3.05, 3.63) is 70.9 Å². The highest BCUT2D eigenvalue weighted by atomic mass is 16.5. The molecule has 0 N–H and O–H groups in total. The van der Waals surface area contributed by atoms with Crippen LogP contribution in [0.2, 0.25) is 0 Å². The first-order valence-corrected chi connectivity index (χ1v) is 13.4. The van der Waals surface area contributed by atoms with Crippen molar-refractivity contribution < 1.29 is 23.9 Å². The van der Waals surface area contributed by atoms with E-state index in [9.17, 15) is 14.4 Å². The van der Waals surface area contributed by atoms with Gasteiger partial charge in [-0.1, -0.05) is 75.1 Å². The van der Waals surface area contributed by atoms with E-state index < -0.39 is 0 Å². The smallest absolute Gasteiger partial charge is 0.331 e. The predicted octanol–water partition coefficient (Wildman–Crippen LogP) is 7.70. The lowest BCUT2D eigenvalue weighted by molar-refractivity contribution is -0.142. The molecular formula is C32H46O5. The summed E-state index contributed by atoms with van der Waals surface area (Å²) in [7, 11) is 0. The summed E-state index contributed by atoms with van der Waals surface area (Å²) in [4.78, 5) is 33.7. The summed E-state index contributed by atoms with van der Waals surface area (Å²) in [6, 6.07) is 0. The maximum Gasteiger partial charge on any atom is 0.331 e. The topological polar surface area (TPSA) is 69.7 Å². The van der Waals surface area contributed by atoms with Crippen LogP contribution in [0, 0.1) is 5.41 Å². The monoisotopic (exact) mass is 510 g/mol. The average Bonchev–Trinajstić information content (AvgIpc) is 2.82. The Balaban J connectivity index is 2.60. The number of hydrogen-bond donors (Lipinski definition) is 0. The molecular weight excluding hydrogens is 464 g/mol. The number of aldehydes is 1. The number of unbranched alkanes of at least 4 members (excludes halogenated alkanes) is 5. The molecule has 1 aliphatic rings. The minimum Gasteiger partial charge on any atom is -0.466 e. The molecule has 204 valence electrons. The van der Waals surface area contributed by atoms with Crippen LogP contribution in [0.15, 0.2) is 70.9 Å². The fourth-order valence-corrected chi connectivity index (χ4v) is 4.31. The Morgan fingerprint density at radius 1 is 0.946 bits per heavy atom. The third kappa shape index (κ3) is 13.8. The van der Waals surface area contributed by atoms with Gasteiger partial charge >= 0.3 is 11.9 Å². The van der Waals surface area contributed by atoms with Crippen molar-refractivity contribution >= 4 is 18.2 Å². The lowest BCUT2D eigenvalue weighted by atomic mass is 9.71. The summed E-state index contributed by atoms with van der Waals surface area (Å²) in [6.45, 7) is 12.4.